The van der Waals surface area contributed by atoms with E-state index in [0.29, 0.717) is 11.7 Å². The van der Waals surface area contributed by atoms with Gasteiger partial charge in [0.05, 0.1) is 4.90 Å². The number of likely N-dealkylation sites (tertiary alicyclic amines) is 2. The average molecular weight is 551 g/mol. The SMILES string of the molecule is NS(=O)(=O)c1cccc(NC(=O)N[C@@H]2CCN(Cc3ccccc3)C2)c1.N[C@@H]1CCN(Cc2ccccc2)C1. The zero-order chi connectivity index (χ0) is 27.7. The number of amides is 2. The summed E-state index contributed by atoms with van der Waals surface area (Å²) in [5, 5.41) is 10.7. The van der Waals surface area contributed by atoms with Crippen LogP contribution >= 0.6 is 0 Å². The maximum atomic E-state index is 12.2. The van der Waals surface area contributed by atoms with Gasteiger partial charge in [-0.15, -0.1) is 0 Å². The molecule has 10 heteroatoms. The minimum absolute atomic E-state index is 0.0368. The van der Waals surface area contributed by atoms with E-state index in [-0.39, 0.29) is 17.0 Å². The highest BCUT2D eigenvalue weighted by atomic mass is 32.2. The molecule has 5 rings (SSSR count). The summed E-state index contributed by atoms with van der Waals surface area (Å²) in [4.78, 5) is 16.8. The Kier molecular flexibility index (Phi) is 10.1. The number of anilines is 1. The van der Waals surface area contributed by atoms with Crippen LogP contribution in [0.15, 0.2) is 89.8 Å². The highest BCUT2D eigenvalue weighted by Crippen LogP contribution is 2.16. The lowest BCUT2D eigenvalue weighted by Crippen LogP contribution is -2.39. The van der Waals surface area contributed by atoms with Crippen molar-refractivity contribution in [2.24, 2.45) is 10.9 Å². The molecule has 6 N–H and O–H groups in total. The van der Waals surface area contributed by atoms with Crippen molar-refractivity contribution in [2.45, 2.75) is 42.9 Å². The minimum atomic E-state index is -3.80. The smallest absolute Gasteiger partial charge is 0.319 e. The van der Waals surface area contributed by atoms with E-state index in [1.54, 1.807) is 6.07 Å². The van der Waals surface area contributed by atoms with Crippen molar-refractivity contribution >= 4 is 21.7 Å². The van der Waals surface area contributed by atoms with Crippen molar-refractivity contribution in [3.63, 3.8) is 0 Å². The third-order valence-corrected chi connectivity index (χ3v) is 7.75. The van der Waals surface area contributed by atoms with Crippen LogP contribution < -0.4 is 21.5 Å². The first-order chi connectivity index (χ1) is 18.7. The number of nitrogens with one attached hydrogen (secondary N) is 2. The molecule has 9 nitrogen and oxygen atoms in total. The number of sulfonamides is 1. The molecule has 0 spiro atoms. The van der Waals surface area contributed by atoms with Gasteiger partial charge in [0.25, 0.3) is 0 Å². The van der Waals surface area contributed by atoms with Crippen LogP contribution in [-0.4, -0.2) is 62.5 Å². The van der Waals surface area contributed by atoms with Crippen LogP contribution in [0.3, 0.4) is 0 Å². The molecule has 0 saturated carbocycles. The summed E-state index contributed by atoms with van der Waals surface area (Å²) < 4.78 is 22.8. The Morgan fingerprint density at radius 2 is 1.41 bits per heavy atom. The number of hydrogen-bond acceptors (Lipinski definition) is 6. The van der Waals surface area contributed by atoms with Crippen molar-refractivity contribution in [3.8, 4) is 0 Å². The highest BCUT2D eigenvalue weighted by Gasteiger charge is 2.24. The van der Waals surface area contributed by atoms with Gasteiger partial charge in [-0.1, -0.05) is 66.7 Å². The van der Waals surface area contributed by atoms with Crippen LogP contribution in [0.1, 0.15) is 24.0 Å². The van der Waals surface area contributed by atoms with E-state index in [2.05, 4.69) is 62.9 Å². The first-order valence-electron chi connectivity index (χ1n) is 13.2. The Hall–Kier alpha value is -3.28. The van der Waals surface area contributed by atoms with Crippen LogP contribution in [0.2, 0.25) is 0 Å². The number of carbonyl (C=O) groups is 1. The molecular formula is C29H38N6O3S. The Labute approximate surface area is 231 Å². The van der Waals surface area contributed by atoms with Crippen molar-refractivity contribution < 1.29 is 13.2 Å². The van der Waals surface area contributed by atoms with Crippen molar-refractivity contribution in [2.75, 3.05) is 31.5 Å². The topological polar surface area (TPSA) is 134 Å². The quantitative estimate of drug-likeness (QED) is 0.357. The van der Waals surface area contributed by atoms with Gasteiger partial charge < -0.3 is 16.4 Å². The number of rotatable bonds is 7. The number of benzene rings is 3. The van der Waals surface area contributed by atoms with Gasteiger partial charge in [-0.2, -0.15) is 0 Å². The van der Waals surface area contributed by atoms with Crippen molar-refractivity contribution in [3.05, 3.63) is 96.1 Å². The van der Waals surface area contributed by atoms with Crippen LogP contribution in [-0.2, 0) is 23.1 Å². The fraction of sp³-hybridized carbons (Fsp3) is 0.345. The summed E-state index contributed by atoms with van der Waals surface area (Å²) in [5.74, 6) is 0. The Balaban J connectivity index is 0.000000226. The van der Waals surface area contributed by atoms with Crippen LogP contribution in [0, 0.1) is 0 Å². The summed E-state index contributed by atoms with van der Waals surface area (Å²) in [6, 6.07) is 26.7. The number of nitrogens with zero attached hydrogens (tertiary/aromatic N) is 2. The molecule has 3 aromatic carbocycles. The largest absolute Gasteiger partial charge is 0.334 e. The fourth-order valence-electron chi connectivity index (χ4n) is 4.89. The van der Waals surface area contributed by atoms with Crippen LogP contribution in [0.25, 0.3) is 0 Å². The summed E-state index contributed by atoms with van der Waals surface area (Å²) >= 11 is 0. The fourth-order valence-corrected chi connectivity index (χ4v) is 5.45. The first-order valence-corrected chi connectivity index (χ1v) is 14.8. The molecule has 0 unspecified atom stereocenters. The number of carbonyl (C=O) groups excluding carboxylic acids is 1. The van der Waals surface area contributed by atoms with E-state index in [0.717, 1.165) is 52.1 Å². The molecule has 2 atom stereocenters. The van der Waals surface area contributed by atoms with Gasteiger partial charge in [0, 0.05) is 57.0 Å². The summed E-state index contributed by atoms with van der Waals surface area (Å²) in [6.45, 7) is 5.80. The van der Waals surface area contributed by atoms with Crippen molar-refractivity contribution in [1.82, 2.24) is 15.1 Å². The summed E-state index contributed by atoms with van der Waals surface area (Å²) in [5.41, 5.74) is 8.85. The molecule has 2 saturated heterocycles. The Bertz CT molecular complexity index is 1310. The molecule has 0 bridgehead atoms. The van der Waals surface area contributed by atoms with Gasteiger partial charge in [-0.25, -0.2) is 18.4 Å². The second-order valence-electron chi connectivity index (χ2n) is 10.1. The third-order valence-electron chi connectivity index (χ3n) is 6.83. The second-order valence-corrected chi connectivity index (χ2v) is 11.7. The standard InChI is InChI=1S/C18H22N4O3S.C11H16N2/c19-26(24,25)17-8-4-7-15(11-17)20-18(23)21-16-9-10-22(13-16)12-14-5-2-1-3-6-14;12-11-6-7-13(9-11)8-10-4-2-1-3-5-10/h1-8,11,16H,9-10,12-13H2,(H2,19,24,25)(H2,20,21,23);1-5,11H,6-9,12H2/t16-;11-/m11/s1. The molecule has 0 aliphatic carbocycles. The van der Waals surface area contributed by atoms with Crippen LogP contribution in [0.5, 0.6) is 0 Å². The maximum Gasteiger partial charge on any atom is 0.319 e. The number of urea groups is 1. The number of primary sulfonamides is 1. The van der Waals surface area contributed by atoms with Gasteiger partial charge in [0.2, 0.25) is 10.0 Å². The molecule has 2 aliphatic heterocycles. The molecule has 3 aromatic rings. The number of nitrogens with two attached hydrogens (primary N) is 2. The normalized spacial score (nSPS) is 19.7. The first kappa shape index (κ1) is 28.7. The van der Waals surface area contributed by atoms with Crippen LogP contribution in [0.4, 0.5) is 10.5 Å². The summed E-state index contributed by atoms with van der Waals surface area (Å²) in [7, 11) is -3.80. The molecule has 2 amide bonds. The molecule has 2 heterocycles. The van der Waals surface area contributed by atoms with Crippen molar-refractivity contribution in [1.29, 1.82) is 0 Å². The van der Waals surface area contributed by atoms with Gasteiger partial charge >= 0.3 is 6.03 Å². The molecule has 0 aromatic heterocycles. The van der Waals surface area contributed by atoms with E-state index < -0.39 is 10.0 Å². The zero-order valence-corrected chi connectivity index (χ0v) is 22.9. The monoisotopic (exact) mass is 550 g/mol. The summed E-state index contributed by atoms with van der Waals surface area (Å²) in [6.07, 6.45) is 2.02. The predicted molar refractivity (Wildman–Crippen MR) is 154 cm³/mol. The maximum absolute atomic E-state index is 12.2. The third kappa shape index (κ3) is 9.45. The lowest BCUT2D eigenvalue weighted by molar-refractivity contribution is 0.247. The molecular weight excluding hydrogens is 512 g/mol. The zero-order valence-electron chi connectivity index (χ0n) is 22.1. The van der Waals surface area contributed by atoms with E-state index in [4.69, 9.17) is 10.9 Å². The van der Waals surface area contributed by atoms with Gasteiger partial charge in [-0.3, -0.25) is 9.80 Å². The van der Waals surface area contributed by atoms with Gasteiger partial charge in [0.1, 0.15) is 0 Å². The Morgan fingerprint density at radius 1 is 0.821 bits per heavy atom. The van der Waals surface area contributed by atoms with Gasteiger partial charge in [0.15, 0.2) is 0 Å². The Morgan fingerprint density at radius 3 is 1.97 bits per heavy atom. The van der Waals surface area contributed by atoms with E-state index in [1.807, 2.05) is 18.2 Å². The molecule has 2 aliphatic rings. The second kappa shape index (κ2) is 13.7. The molecule has 2 fully saturated rings. The van der Waals surface area contributed by atoms with E-state index in [9.17, 15) is 13.2 Å². The number of hydrogen-bond donors (Lipinski definition) is 4. The molecule has 39 heavy (non-hydrogen) atoms. The minimum Gasteiger partial charge on any atom is -0.334 e. The van der Waals surface area contributed by atoms with E-state index in [1.165, 1.54) is 29.3 Å². The highest BCUT2D eigenvalue weighted by molar-refractivity contribution is 7.89. The molecule has 208 valence electrons. The van der Waals surface area contributed by atoms with Gasteiger partial charge in [-0.05, 0) is 42.2 Å². The lowest BCUT2D eigenvalue weighted by Gasteiger charge is -2.17. The molecule has 0 radical (unpaired) electrons. The predicted octanol–water partition coefficient (Wildman–Crippen LogP) is 2.95. The van der Waals surface area contributed by atoms with E-state index >= 15 is 0 Å². The lowest BCUT2D eigenvalue weighted by atomic mass is 10.2. The average Bonchev–Trinajstić information content (AvgIpc) is 3.53.